The number of para-hydroxylation sites is 2. The van der Waals surface area contributed by atoms with E-state index in [4.69, 9.17) is 0 Å². The highest BCUT2D eigenvalue weighted by Gasteiger charge is 2.26. The van der Waals surface area contributed by atoms with Crippen molar-refractivity contribution >= 4 is 34.8 Å². The highest BCUT2D eigenvalue weighted by Crippen LogP contribution is 2.29. The third kappa shape index (κ3) is 4.25. The molecule has 1 aromatic heterocycles. The molecular formula is C20H18FN7O3. The predicted molar refractivity (Wildman–Crippen MR) is 109 cm³/mol. The molecule has 10 nitrogen and oxygen atoms in total. The van der Waals surface area contributed by atoms with Gasteiger partial charge in [-0.25, -0.2) is 4.39 Å². The minimum Gasteiger partial charge on any atom is -0.326 e. The van der Waals surface area contributed by atoms with Crippen molar-refractivity contribution in [3.05, 3.63) is 54.1 Å². The number of carbonyl (C=O) groups excluding carboxylic acids is 3. The number of nitrogens with one attached hydrogen (secondary N) is 2. The molecule has 2 aromatic carbocycles. The molecule has 0 fully saturated rings. The number of nitrogens with zero attached hydrogens (tertiary/aromatic N) is 5. The number of anilines is 3. The fourth-order valence-electron chi connectivity index (χ4n) is 3.24. The zero-order chi connectivity index (χ0) is 22.0. The van der Waals surface area contributed by atoms with Crippen LogP contribution in [0.1, 0.15) is 18.7 Å². The average Bonchev–Trinajstić information content (AvgIpc) is 3.18. The van der Waals surface area contributed by atoms with Crippen molar-refractivity contribution in [3.8, 4) is 5.69 Å². The van der Waals surface area contributed by atoms with E-state index in [9.17, 15) is 18.8 Å². The second kappa shape index (κ2) is 8.30. The van der Waals surface area contributed by atoms with Gasteiger partial charge in [0.2, 0.25) is 17.7 Å². The van der Waals surface area contributed by atoms with Crippen LogP contribution in [0.15, 0.2) is 42.5 Å². The van der Waals surface area contributed by atoms with Crippen LogP contribution in [0.4, 0.5) is 21.5 Å². The van der Waals surface area contributed by atoms with Gasteiger partial charge in [-0.3, -0.25) is 14.4 Å². The Bertz CT molecular complexity index is 1180. The van der Waals surface area contributed by atoms with Gasteiger partial charge in [0.25, 0.3) is 0 Å². The van der Waals surface area contributed by atoms with Gasteiger partial charge in [-0.1, -0.05) is 12.1 Å². The van der Waals surface area contributed by atoms with Gasteiger partial charge < -0.3 is 15.5 Å². The van der Waals surface area contributed by atoms with E-state index in [1.165, 1.54) is 27.8 Å². The predicted octanol–water partition coefficient (Wildman–Crippen LogP) is 1.81. The molecule has 31 heavy (non-hydrogen) atoms. The monoisotopic (exact) mass is 423 g/mol. The maximum Gasteiger partial charge on any atom is 0.244 e. The van der Waals surface area contributed by atoms with Gasteiger partial charge in [0, 0.05) is 18.5 Å². The van der Waals surface area contributed by atoms with Crippen molar-refractivity contribution in [2.75, 3.05) is 22.1 Å². The van der Waals surface area contributed by atoms with Crippen LogP contribution in [0.5, 0.6) is 0 Å². The Kier molecular flexibility index (Phi) is 5.39. The summed E-state index contributed by atoms with van der Waals surface area (Å²) in [5, 5.41) is 16.3. The Morgan fingerprint density at radius 3 is 2.74 bits per heavy atom. The van der Waals surface area contributed by atoms with Crippen molar-refractivity contribution in [2.45, 2.75) is 19.8 Å². The van der Waals surface area contributed by atoms with E-state index >= 15 is 0 Å². The number of rotatable bonds is 5. The molecule has 158 valence electrons. The number of tetrazole rings is 1. The Morgan fingerprint density at radius 2 is 1.97 bits per heavy atom. The van der Waals surface area contributed by atoms with Crippen molar-refractivity contribution < 1.29 is 18.8 Å². The molecule has 4 rings (SSSR count). The van der Waals surface area contributed by atoms with Gasteiger partial charge in [0.15, 0.2) is 5.82 Å². The summed E-state index contributed by atoms with van der Waals surface area (Å²) in [5.74, 6) is -1.23. The van der Waals surface area contributed by atoms with E-state index < -0.39 is 11.7 Å². The van der Waals surface area contributed by atoms with E-state index in [1.54, 1.807) is 31.2 Å². The standard InChI is InChI=1S/C20H18FN7O3/c1-12-24-25-26-28(12)17-10-13(6-7-14(17)21)22-18(29)8-9-20(31)27-11-19(30)23-15-4-2-3-5-16(15)27/h2-7,10H,8-9,11H2,1H3,(H,22,29)(H,23,30). The zero-order valence-corrected chi connectivity index (χ0v) is 16.5. The molecule has 0 radical (unpaired) electrons. The maximum atomic E-state index is 14.2. The Balaban J connectivity index is 1.41. The second-order valence-electron chi connectivity index (χ2n) is 6.90. The Labute approximate surface area is 176 Å². The van der Waals surface area contributed by atoms with E-state index in [2.05, 4.69) is 26.2 Å². The van der Waals surface area contributed by atoms with E-state index in [0.29, 0.717) is 22.9 Å². The van der Waals surface area contributed by atoms with Crippen molar-refractivity contribution in [3.63, 3.8) is 0 Å². The molecular weight excluding hydrogens is 405 g/mol. The first kappa shape index (κ1) is 20.1. The average molecular weight is 423 g/mol. The van der Waals surface area contributed by atoms with Gasteiger partial charge >= 0.3 is 0 Å². The van der Waals surface area contributed by atoms with Crippen LogP contribution >= 0.6 is 0 Å². The Morgan fingerprint density at radius 1 is 1.16 bits per heavy atom. The first-order chi connectivity index (χ1) is 14.9. The SMILES string of the molecule is Cc1nnnn1-c1cc(NC(=O)CCC(=O)N2CC(=O)Nc3ccccc32)ccc1F. The minimum absolute atomic E-state index is 0.0897. The molecule has 0 unspecified atom stereocenters. The molecule has 0 saturated heterocycles. The lowest BCUT2D eigenvalue weighted by Gasteiger charge is -2.29. The lowest BCUT2D eigenvalue weighted by Crippen LogP contribution is -2.42. The van der Waals surface area contributed by atoms with Gasteiger partial charge in [0.05, 0.1) is 11.4 Å². The number of fused-ring (bicyclic) bond motifs is 1. The van der Waals surface area contributed by atoms with Crippen molar-refractivity contribution in [1.82, 2.24) is 20.2 Å². The van der Waals surface area contributed by atoms with Gasteiger partial charge in [0.1, 0.15) is 18.0 Å². The van der Waals surface area contributed by atoms with E-state index in [-0.39, 0.29) is 36.9 Å². The lowest BCUT2D eigenvalue weighted by molar-refractivity contribution is -0.124. The number of benzene rings is 2. The number of hydrogen-bond donors (Lipinski definition) is 2. The number of hydrogen-bond acceptors (Lipinski definition) is 6. The van der Waals surface area contributed by atoms with Gasteiger partial charge in [-0.2, -0.15) is 4.68 Å². The molecule has 0 bridgehead atoms. The van der Waals surface area contributed by atoms with Crippen LogP contribution in [-0.2, 0) is 14.4 Å². The van der Waals surface area contributed by atoms with Gasteiger partial charge in [-0.15, -0.1) is 5.10 Å². The highest BCUT2D eigenvalue weighted by atomic mass is 19.1. The van der Waals surface area contributed by atoms with Gasteiger partial charge in [-0.05, 0) is 47.7 Å². The zero-order valence-electron chi connectivity index (χ0n) is 16.5. The summed E-state index contributed by atoms with van der Waals surface area (Å²) in [6.45, 7) is 1.51. The van der Waals surface area contributed by atoms with Crippen LogP contribution in [0.25, 0.3) is 5.69 Å². The largest absolute Gasteiger partial charge is 0.326 e. The molecule has 0 saturated carbocycles. The molecule has 1 aliphatic rings. The topological polar surface area (TPSA) is 122 Å². The smallest absolute Gasteiger partial charge is 0.244 e. The summed E-state index contributed by atoms with van der Waals surface area (Å²) >= 11 is 0. The summed E-state index contributed by atoms with van der Waals surface area (Å²) in [6.07, 6.45) is -0.191. The second-order valence-corrected chi connectivity index (χ2v) is 6.90. The summed E-state index contributed by atoms with van der Waals surface area (Å²) in [6, 6.07) is 11.0. The normalized spacial score (nSPS) is 12.8. The molecule has 3 amide bonds. The number of carbonyl (C=O) groups is 3. The van der Waals surface area contributed by atoms with Crippen molar-refractivity contribution in [2.24, 2.45) is 0 Å². The quantitative estimate of drug-likeness (QED) is 0.645. The fourth-order valence-corrected chi connectivity index (χ4v) is 3.24. The van der Waals surface area contributed by atoms with Crippen molar-refractivity contribution in [1.29, 1.82) is 0 Å². The first-order valence-corrected chi connectivity index (χ1v) is 9.46. The molecule has 2 heterocycles. The van der Waals surface area contributed by atoms with Crippen LogP contribution < -0.4 is 15.5 Å². The molecule has 0 atom stereocenters. The van der Waals surface area contributed by atoms with Crippen LogP contribution in [0.3, 0.4) is 0 Å². The summed E-state index contributed by atoms with van der Waals surface area (Å²) in [4.78, 5) is 38.2. The molecule has 11 heteroatoms. The van der Waals surface area contributed by atoms with Crippen LogP contribution in [-0.4, -0.2) is 44.5 Å². The van der Waals surface area contributed by atoms with Crippen LogP contribution in [0, 0.1) is 12.7 Å². The molecule has 0 spiro atoms. The summed E-state index contributed by atoms with van der Waals surface area (Å²) < 4.78 is 15.4. The molecule has 2 N–H and O–H groups in total. The number of halogens is 1. The minimum atomic E-state index is -0.550. The molecule has 1 aliphatic heterocycles. The summed E-state index contributed by atoms with van der Waals surface area (Å²) in [7, 11) is 0. The van der Waals surface area contributed by atoms with E-state index in [0.717, 1.165) is 0 Å². The molecule has 3 aromatic rings. The van der Waals surface area contributed by atoms with E-state index in [1.807, 2.05) is 0 Å². The third-order valence-corrected chi connectivity index (χ3v) is 4.72. The maximum absolute atomic E-state index is 14.2. The number of aromatic nitrogens is 4. The summed E-state index contributed by atoms with van der Waals surface area (Å²) in [5.41, 5.74) is 1.57. The first-order valence-electron chi connectivity index (χ1n) is 9.46. The lowest BCUT2D eigenvalue weighted by atomic mass is 10.1. The fraction of sp³-hybridized carbons (Fsp3) is 0.200. The number of amides is 3. The highest BCUT2D eigenvalue weighted by molar-refractivity contribution is 6.10. The number of aryl methyl sites for hydroxylation is 1. The Hall–Kier alpha value is -4.15. The third-order valence-electron chi connectivity index (χ3n) is 4.72. The molecule has 0 aliphatic carbocycles. The van der Waals surface area contributed by atoms with Crippen LogP contribution in [0.2, 0.25) is 0 Å².